The summed E-state index contributed by atoms with van der Waals surface area (Å²) in [6, 6.07) is 7.23. The van der Waals surface area contributed by atoms with Crippen molar-refractivity contribution in [2.24, 2.45) is 11.8 Å². The summed E-state index contributed by atoms with van der Waals surface area (Å²) in [5, 5.41) is 2.90. The lowest BCUT2D eigenvalue weighted by Crippen LogP contribution is -2.21. The molecule has 3 N–H and O–H groups in total. The Bertz CT molecular complexity index is 354. The molecular formula is C12H16N2O. The van der Waals surface area contributed by atoms with Crippen LogP contribution in [0, 0.1) is 11.8 Å². The second kappa shape index (κ2) is 3.93. The molecule has 0 radical (unpaired) electrons. The number of amides is 1. The van der Waals surface area contributed by atoms with E-state index in [2.05, 4.69) is 5.32 Å². The van der Waals surface area contributed by atoms with Gasteiger partial charge >= 0.3 is 0 Å². The van der Waals surface area contributed by atoms with Crippen LogP contribution in [0.3, 0.4) is 0 Å². The molecule has 1 unspecified atom stereocenters. The van der Waals surface area contributed by atoms with Crippen LogP contribution >= 0.6 is 0 Å². The van der Waals surface area contributed by atoms with Crippen LogP contribution in [0.2, 0.25) is 0 Å². The van der Waals surface area contributed by atoms with Crippen LogP contribution < -0.4 is 11.1 Å². The molecule has 1 amide bonds. The van der Waals surface area contributed by atoms with Gasteiger partial charge in [0.05, 0.1) is 0 Å². The van der Waals surface area contributed by atoms with Gasteiger partial charge in [-0.15, -0.1) is 0 Å². The second-order valence-electron chi connectivity index (χ2n) is 4.24. The van der Waals surface area contributed by atoms with Crippen molar-refractivity contribution in [3.63, 3.8) is 0 Å². The van der Waals surface area contributed by atoms with Crippen LogP contribution in [0.1, 0.15) is 19.8 Å². The van der Waals surface area contributed by atoms with Crippen LogP contribution in [-0.4, -0.2) is 5.91 Å². The number of benzene rings is 1. The Morgan fingerprint density at radius 3 is 2.53 bits per heavy atom. The first kappa shape index (κ1) is 10.0. The summed E-state index contributed by atoms with van der Waals surface area (Å²) in [5.41, 5.74) is 7.10. The molecule has 0 spiro atoms. The smallest absolute Gasteiger partial charge is 0.227 e. The number of rotatable bonds is 3. The molecule has 80 valence electrons. The van der Waals surface area contributed by atoms with E-state index in [0.717, 1.165) is 5.69 Å². The monoisotopic (exact) mass is 204 g/mol. The van der Waals surface area contributed by atoms with Crippen molar-refractivity contribution in [3.05, 3.63) is 24.3 Å². The predicted octanol–water partition coefficient (Wildman–Crippen LogP) is 2.25. The average molecular weight is 204 g/mol. The number of nitrogens with one attached hydrogen (secondary N) is 1. The summed E-state index contributed by atoms with van der Waals surface area (Å²) < 4.78 is 0. The summed E-state index contributed by atoms with van der Waals surface area (Å²) in [4.78, 5) is 11.7. The summed E-state index contributed by atoms with van der Waals surface area (Å²) in [6.07, 6.45) is 2.38. The third-order valence-corrected chi connectivity index (χ3v) is 2.92. The number of carbonyl (C=O) groups excluding carboxylic acids is 1. The average Bonchev–Trinajstić information content (AvgIpc) is 3.04. The SMILES string of the molecule is CC(C(=O)Nc1ccc(N)cc1)C1CC1. The highest BCUT2D eigenvalue weighted by atomic mass is 16.1. The van der Waals surface area contributed by atoms with E-state index in [1.54, 1.807) is 12.1 Å². The molecule has 3 heteroatoms. The van der Waals surface area contributed by atoms with Gasteiger partial charge in [0.2, 0.25) is 5.91 Å². The highest BCUT2D eigenvalue weighted by Crippen LogP contribution is 2.37. The third kappa shape index (κ3) is 2.49. The second-order valence-corrected chi connectivity index (χ2v) is 4.24. The van der Waals surface area contributed by atoms with Gasteiger partial charge in [0.1, 0.15) is 0 Å². The summed E-state index contributed by atoms with van der Waals surface area (Å²) in [7, 11) is 0. The van der Waals surface area contributed by atoms with E-state index in [9.17, 15) is 4.79 Å². The Morgan fingerprint density at radius 2 is 2.00 bits per heavy atom. The maximum absolute atomic E-state index is 11.7. The predicted molar refractivity (Wildman–Crippen MR) is 61.4 cm³/mol. The topological polar surface area (TPSA) is 55.1 Å². The van der Waals surface area contributed by atoms with Crippen LogP contribution in [0.4, 0.5) is 11.4 Å². The Kier molecular flexibility index (Phi) is 2.62. The van der Waals surface area contributed by atoms with Crippen molar-refractivity contribution in [2.45, 2.75) is 19.8 Å². The van der Waals surface area contributed by atoms with Gasteiger partial charge in [0, 0.05) is 17.3 Å². The van der Waals surface area contributed by atoms with Gasteiger partial charge in [-0.1, -0.05) is 6.92 Å². The molecule has 1 aromatic carbocycles. The molecule has 1 aliphatic rings. The molecule has 1 saturated carbocycles. The van der Waals surface area contributed by atoms with Crippen LogP contribution in [0.25, 0.3) is 0 Å². The number of hydrogen-bond acceptors (Lipinski definition) is 2. The van der Waals surface area contributed by atoms with Crippen LogP contribution in [-0.2, 0) is 4.79 Å². The lowest BCUT2D eigenvalue weighted by Gasteiger charge is -2.10. The van der Waals surface area contributed by atoms with E-state index in [1.807, 2.05) is 19.1 Å². The molecule has 1 fully saturated rings. The van der Waals surface area contributed by atoms with Crippen molar-refractivity contribution in [1.82, 2.24) is 0 Å². The number of anilines is 2. The maximum atomic E-state index is 11.7. The van der Waals surface area contributed by atoms with Crippen molar-refractivity contribution in [1.29, 1.82) is 0 Å². The van der Waals surface area contributed by atoms with Crippen molar-refractivity contribution in [2.75, 3.05) is 11.1 Å². The highest BCUT2D eigenvalue weighted by molar-refractivity contribution is 5.92. The van der Waals surface area contributed by atoms with E-state index in [-0.39, 0.29) is 11.8 Å². The molecule has 0 aromatic heterocycles. The van der Waals surface area contributed by atoms with Gasteiger partial charge in [0.25, 0.3) is 0 Å². The van der Waals surface area contributed by atoms with E-state index in [1.165, 1.54) is 12.8 Å². The van der Waals surface area contributed by atoms with E-state index >= 15 is 0 Å². The van der Waals surface area contributed by atoms with E-state index in [0.29, 0.717) is 11.6 Å². The molecule has 1 aromatic rings. The number of nitrogen functional groups attached to an aromatic ring is 1. The van der Waals surface area contributed by atoms with Crippen LogP contribution in [0.5, 0.6) is 0 Å². The van der Waals surface area contributed by atoms with Crippen molar-refractivity contribution >= 4 is 17.3 Å². The summed E-state index contributed by atoms with van der Waals surface area (Å²) in [6.45, 7) is 1.99. The lowest BCUT2D eigenvalue weighted by atomic mass is 10.1. The quantitative estimate of drug-likeness (QED) is 0.742. The zero-order valence-electron chi connectivity index (χ0n) is 8.86. The van der Waals surface area contributed by atoms with Gasteiger partial charge < -0.3 is 11.1 Å². The number of carbonyl (C=O) groups is 1. The molecule has 1 atom stereocenters. The number of nitrogens with two attached hydrogens (primary N) is 1. The Labute approximate surface area is 89.7 Å². The van der Waals surface area contributed by atoms with Crippen molar-refractivity contribution < 1.29 is 4.79 Å². The van der Waals surface area contributed by atoms with Gasteiger partial charge in [-0.25, -0.2) is 0 Å². The van der Waals surface area contributed by atoms with Gasteiger partial charge in [-0.3, -0.25) is 4.79 Å². The first-order valence-electron chi connectivity index (χ1n) is 5.33. The lowest BCUT2D eigenvalue weighted by molar-refractivity contribution is -0.119. The fraction of sp³-hybridized carbons (Fsp3) is 0.417. The molecule has 2 rings (SSSR count). The van der Waals surface area contributed by atoms with Crippen molar-refractivity contribution in [3.8, 4) is 0 Å². The first-order chi connectivity index (χ1) is 7.16. The minimum atomic E-state index is 0.113. The molecule has 0 aliphatic heterocycles. The zero-order chi connectivity index (χ0) is 10.8. The summed E-state index contributed by atoms with van der Waals surface area (Å²) >= 11 is 0. The fourth-order valence-electron chi connectivity index (χ4n) is 1.63. The highest BCUT2D eigenvalue weighted by Gasteiger charge is 2.32. The zero-order valence-corrected chi connectivity index (χ0v) is 8.86. The molecule has 3 nitrogen and oxygen atoms in total. The molecule has 0 bridgehead atoms. The van der Waals surface area contributed by atoms with Gasteiger partial charge in [-0.2, -0.15) is 0 Å². The minimum Gasteiger partial charge on any atom is -0.399 e. The Balaban J connectivity index is 1.95. The largest absolute Gasteiger partial charge is 0.399 e. The first-order valence-corrected chi connectivity index (χ1v) is 5.33. The Morgan fingerprint density at radius 1 is 1.40 bits per heavy atom. The van der Waals surface area contributed by atoms with Gasteiger partial charge in [0.15, 0.2) is 0 Å². The molecule has 15 heavy (non-hydrogen) atoms. The molecular weight excluding hydrogens is 188 g/mol. The molecule has 1 aliphatic carbocycles. The van der Waals surface area contributed by atoms with Gasteiger partial charge in [-0.05, 0) is 43.0 Å². The summed E-state index contributed by atoms with van der Waals surface area (Å²) in [5.74, 6) is 0.837. The maximum Gasteiger partial charge on any atom is 0.227 e. The normalized spacial score (nSPS) is 17.1. The molecule has 0 heterocycles. The third-order valence-electron chi connectivity index (χ3n) is 2.92. The van der Waals surface area contributed by atoms with E-state index in [4.69, 9.17) is 5.73 Å². The minimum absolute atomic E-state index is 0.113. The molecule has 0 saturated heterocycles. The van der Waals surface area contributed by atoms with E-state index < -0.39 is 0 Å². The van der Waals surface area contributed by atoms with Crippen LogP contribution in [0.15, 0.2) is 24.3 Å². The number of hydrogen-bond donors (Lipinski definition) is 2. The Hall–Kier alpha value is -1.51. The fourth-order valence-corrected chi connectivity index (χ4v) is 1.63. The standard InChI is InChI=1S/C12H16N2O/c1-8(9-2-3-9)12(15)14-11-6-4-10(13)5-7-11/h4-9H,2-3,13H2,1H3,(H,14,15).